The molecule has 0 aromatic heterocycles. The van der Waals surface area contributed by atoms with Gasteiger partial charge >= 0.3 is 5.97 Å². The van der Waals surface area contributed by atoms with Crippen molar-refractivity contribution in [2.75, 3.05) is 18.6 Å². The first-order valence-electron chi connectivity index (χ1n) is 6.24. The maximum Gasteiger partial charge on any atom is 0.335 e. The molecular weight excluding hydrogens is 262 g/mol. The number of nitrogens with zero attached hydrogens (tertiary/aromatic N) is 1. The zero-order valence-corrected chi connectivity index (χ0v) is 11.7. The van der Waals surface area contributed by atoms with Crippen LogP contribution in [0.3, 0.4) is 0 Å². The SMILES string of the molecule is CSCCC(=O)N1CCc2c(cccc2C(=O)O)C1. The van der Waals surface area contributed by atoms with E-state index in [0.717, 1.165) is 16.9 Å². The van der Waals surface area contributed by atoms with E-state index in [0.29, 0.717) is 31.5 Å². The largest absolute Gasteiger partial charge is 0.478 e. The number of amides is 1. The second-order valence-electron chi connectivity index (χ2n) is 4.56. The molecule has 0 saturated heterocycles. The number of carbonyl (C=O) groups excluding carboxylic acids is 1. The van der Waals surface area contributed by atoms with Gasteiger partial charge in [-0.15, -0.1) is 0 Å². The number of fused-ring (bicyclic) bond motifs is 1. The standard InChI is InChI=1S/C14H17NO3S/c1-19-8-6-13(16)15-7-5-11-10(9-15)3-2-4-12(11)14(17)18/h2-4H,5-9H2,1H3,(H,17,18). The van der Waals surface area contributed by atoms with Crippen molar-refractivity contribution in [2.45, 2.75) is 19.4 Å². The fourth-order valence-corrected chi connectivity index (χ4v) is 2.75. The molecule has 1 amide bonds. The number of hydrogen-bond donors (Lipinski definition) is 1. The Kier molecular flexibility index (Phi) is 4.47. The minimum absolute atomic E-state index is 0.153. The van der Waals surface area contributed by atoms with E-state index in [2.05, 4.69) is 0 Å². The summed E-state index contributed by atoms with van der Waals surface area (Å²) in [5.74, 6) is 0.0944. The van der Waals surface area contributed by atoms with Crippen molar-refractivity contribution < 1.29 is 14.7 Å². The summed E-state index contributed by atoms with van der Waals surface area (Å²) in [4.78, 5) is 25.0. The van der Waals surface area contributed by atoms with Crippen LogP contribution in [0, 0.1) is 0 Å². The fourth-order valence-electron chi connectivity index (χ4n) is 2.37. The Morgan fingerprint density at radius 3 is 2.89 bits per heavy atom. The highest BCUT2D eigenvalue weighted by Crippen LogP contribution is 2.23. The second kappa shape index (κ2) is 6.10. The molecule has 0 bridgehead atoms. The van der Waals surface area contributed by atoms with Crippen LogP contribution in [-0.4, -0.2) is 40.4 Å². The van der Waals surface area contributed by atoms with Crippen molar-refractivity contribution in [1.29, 1.82) is 0 Å². The van der Waals surface area contributed by atoms with Gasteiger partial charge in [-0.3, -0.25) is 4.79 Å². The van der Waals surface area contributed by atoms with Crippen LogP contribution < -0.4 is 0 Å². The minimum atomic E-state index is -0.890. The Morgan fingerprint density at radius 2 is 2.21 bits per heavy atom. The summed E-state index contributed by atoms with van der Waals surface area (Å²) in [6, 6.07) is 5.29. The van der Waals surface area contributed by atoms with Gasteiger partial charge in [0.25, 0.3) is 0 Å². The van der Waals surface area contributed by atoms with Crippen LogP contribution in [-0.2, 0) is 17.8 Å². The molecule has 102 valence electrons. The smallest absolute Gasteiger partial charge is 0.335 e. The van der Waals surface area contributed by atoms with Crippen LogP contribution in [0.2, 0.25) is 0 Å². The van der Waals surface area contributed by atoms with E-state index in [9.17, 15) is 9.59 Å². The number of thioether (sulfide) groups is 1. The van der Waals surface area contributed by atoms with Crippen molar-refractivity contribution >= 4 is 23.6 Å². The Hall–Kier alpha value is -1.49. The van der Waals surface area contributed by atoms with Gasteiger partial charge in [0.05, 0.1) is 5.56 Å². The van der Waals surface area contributed by atoms with Gasteiger partial charge in [0.2, 0.25) is 5.91 Å². The maximum atomic E-state index is 12.0. The number of aromatic carboxylic acids is 1. The molecule has 1 aromatic carbocycles. The summed E-state index contributed by atoms with van der Waals surface area (Å²) in [5, 5.41) is 9.15. The molecule has 1 aliphatic rings. The van der Waals surface area contributed by atoms with Crippen molar-refractivity contribution in [1.82, 2.24) is 4.90 Å². The van der Waals surface area contributed by atoms with Gasteiger partial charge in [-0.1, -0.05) is 12.1 Å². The topological polar surface area (TPSA) is 57.6 Å². The van der Waals surface area contributed by atoms with Crippen LogP contribution in [0.25, 0.3) is 0 Å². The Balaban J connectivity index is 2.14. The predicted octanol–water partition coefficient (Wildman–Crippen LogP) is 2.02. The van der Waals surface area contributed by atoms with Gasteiger partial charge < -0.3 is 10.0 Å². The lowest BCUT2D eigenvalue weighted by Crippen LogP contribution is -2.36. The summed E-state index contributed by atoms with van der Waals surface area (Å²) in [7, 11) is 0. The van der Waals surface area contributed by atoms with Crippen LogP contribution >= 0.6 is 11.8 Å². The number of benzene rings is 1. The molecular formula is C14H17NO3S. The number of rotatable bonds is 4. The Labute approximate surface area is 116 Å². The minimum Gasteiger partial charge on any atom is -0.478 e. The molecule has 1 heterocycles. The van der Waals surface area contributed by atoms with Crippen molar-refractivity contribution in [3.05, 3.63) is 34.9 Å². The van der Waals surface area contributed by atoms with Gasteiger partial charge in [-0.25, -0.2) is 4.79 Å². The van der Waals surface area contributed by atoms with Gasteiger partial charge in [0.15, 0.2) is 0 Å². The lowest BCUT2D eigenvalue weighted by atomic mass is 9.94. The fraction of sp³-hybridized carbons (Fsp3) is 0.429. The predicted molar refractivity (Wildman–Crippen MR) is 75.5 cm³/mol. The highest BCUT2D eigenvalue weighted by atomic mass is 32.2. The summed E-state index contributed by atoms with van der Waals surface area (Å²) >= 11 is 1.66. The highest BCUT2D eigenvalue weighted by Gasteiger charge is 2.23. The Morgan fingerprint density at radius 1 is 1.42 bits per heavy atom. The van der Waals surface area contributed by atoms with Crippen LogP contribution in [0.1, 0.15) is 27.9 Å². The summed E-state index contributed by atoms with van der Waals surface area (Å²) in [5.41, 5.74) is 2.21. The molecule has 0 atom stereocenters. The summed E-state index contributed by atoms with van der Waals surface area (Å²) in [6.45, 7) is 1.15. The van der Waals surface area contributed by atoms with Gasteiger partial charge in [-0.2, -0.15) is 11.8 Å². The van der Waals surface area contributed by atoms with E-state index in [-0.39, 0.29) is 5.91 Å². The van der Waals surface area contributed by atoms with Crippen LogP contribution in [0.4, 0.5) is 0 Å². The third-order valence-corrected chi connectivity index (χ3v) is 3.98. The van der Waals surface area contributed by atoms with Crippen molar-refractivity contribution in [3.8, 4) is 0 Å². The van der Waals surface area contributed by atoms with Crippen LogP contribution in [0.5, 0.6) is 0 Å². The maximum absolute atomic E-state index is 12.0. The molecule has 0 aliphatic carbocycles. The van der Waals surface area contributed by atoms with Gasteiger partial charge in [-0.05, 0) is 29.9 Å². The van der Waals surface area contributed by atoms with E-state index >= 15 is 0 Å². The lowest BCUT2D eigenvalue weighted by molar-refractivity contribution is -0.131. The van der Waals surface area contributed by atoms with E-state index in [4.69, 9.17) is 5.11 Å². The third-order valence-electron chi connectivity index (χ3n) is 3.37. The van der Waals surface area contributed by atoms with E-state index < -0.39 is 5.97 Å². The molecule has 2 rings (SSSR count). The van der Waals surface area contributed by atoms with Gasteiger partial charge in [0, 0.05) is 25.3 Å². The van der Waals surface area contributed by atoms with Crippen molar-refractivity contribution in [2.24, 2.45) is 0 Å². The molecule has 1 aromatic rings. The lowest BCUT2D eigenvalue weighted by Gasteiger charge is -2.29. The molecule has 0 spiro atoms. The molecule has 0 fully saturated rings. The normalized spacial score (nSPS) is 14.1. The van der Waals surface area contributed by atoms with Gasteiger partial charge in [0.1, 0.15) is 0 Å². The zero-order valence-electron chi connectivity index (χ0n) is 10.9. The molecule has 1 N–H and O–H groups in total. The summed E-state index contributed by atoms with van der Waals surface area (Å²) < 4.78 is 0. The number of hydrogen-bond acceptors (Lipinski definition) is 3. The first-order chi connectivity index (χ1) is 9.13. The third kappa shape index (κ3) is 3.10. The molecule has 0 unspecified atom stereocenters. The summed E-state index contributed by atoms with van der Waals surface area (Å²) in [6.07, 6.45) is 3.16. The molecule has 19 heavy (non-hydrogen) atoms. The molecule has 0 saturated carbocycles. The Bertz CT molecular complexity index is 501. The number of carboxylic acids is 1. The quantitative estimate of drug-likeness (QED) is 0.916. The van der Waals surface area contributed by atoms with E-state index in [1.807, 2.05) is 17.2 Å². The van der Waals surface area contributed by atoms with Crippen molar-refractivity contribution in [3.63, 3.8) is 0 Å². The zero-order chi connectivity index (χ0) is 13.8. The second-order valence-corrected chi connectivity index (χ2v) is 5.54. The average Bonchev–Trinajstić information content (AvgIpc) is 2.43. The highest BCUT2D eigenvalue weighted by molar-refractivity contribution is 7.98. The monoisotopic (exact) mass is 279 g/mol. The van der Waals surface area contributed by atoms with E-state index in [1.54, 1.807) is 23.9 Å². The number of carbonyl (C=O) groups is 2. The molecule has 5 heteroatoms. The number of carboxylic acid groups (broad SMARTS) is 1. The molecule has 0 radical (unpaired) electrons. The average molecular weight is 279 g/mol. The first-order valence-corrected chi connectivity index (χ1v) is 7.63. The molecule has 4 nitrogen and oxygen atoms in total. The van der Waals surface area contributed by atoms with E-state index in [1.165, 1.54) is 0 Å². The first kappa shape index (κ1) is 13.9. The van der Waals surface area contributed by atoms with Crippen LogP contribution in [0.15, 0.2) is 18.2 Å². The molecule has 1 aliphatic heterocycles.